The average Bonchev–Trinajstić information content (AvgIpc) is 2.96. The predicted octanol–water partition coefficient (Wildman–Crippen LogP) is 1.79. The molecule has 0 spiro atoms. The predicted molar refractivity (Wildman–Crippen MR) is 51.8 cm³/mol. The third-order valence-electron chi connectivity index (χ3n) is 2.62. The monoisotopic (exact) mass is 237 g/mol. The Morgan fingerprint density at radius 3 is 2.44 bits per heavy atom. The fourth-order valence-electron chi connectivity index (χ4n) is 1.29. The van der Waals surface area contributed by atoms with Crippen LogP contribution in [-0.4, -0.2) is 31.3 Å². The van der Waals surface area contributed by atoms with Crippen LogP contribution in [0, 0.1) is 0 Å². The molecule has 3 nitrogen and oxygen atoms in total. The minimum atomic E-state index is -4.30. The van der Waals surface area contributed by atoms with Crippen LogP contribution in [0.1, 0.15) is 19.8 Å². The quantitative estimate of drug-likeness (QED) is 0.598. The summed E-state index contributed by atoms with van der Waals surface area (Å²) in [5, 5.41) is 2.77. The molecule has 0 aromatic rings. The summed E-state index contributed by atoms with van der Waals surface area (Å²) in [7, 11) is 1.26. The van der Waals surface area contributed by atoms with Gasteiger partial charge in [-0.2, -0.15) is 13.2 Å². The van der Waals surface area contributed by atoms with Gasteiger partial charge in [-0.05, 0) is 19.8 Å². The molecule has 0 aromatic carbocycles. The van der Waals surface area contributed by atoms with E-state index in [9.17, 15) is 18.0 Å². The van der Waals surface area contributed by atoms with E-state index in [0.29, 0.717) is 12.8 Å². The Labute approximate surface area is 91.6 Å². The number of carbonyl (C=O) groups is 1. The summed E-state index contributed by atoms with van der Waals surface area (Å²) < 4.78 is 40.9. The largest absolute Gasteiger partial charge is 0.468 e. The van der Waals surface area contributed by atoms with Crippen molar-refractivity contribution in [2.45, 2.75) is 31.5 Å². The summed E-state index contributed by atoms with van der Waals surface area (Å²) in [5.41, 5.74) is -1.42. The highest BCUT2D eigenvalue weighted by molar-refractivity contribution is 5.84. The summed E-state index contributed by atoms with van der Waals surface area (Å²) in [5.74, 6) is -0.412. The number of halogens is 3. The molecule has 0 saturated heterocycles. The fourth-order valence-corrected chi connectivity index (χ4v) is 1.29. The molecule has 0 bridgehead atoms. The van der Waals surface area contributed by atoms with E-state index in [-0.39, 0.29) is 6.54 Å². The molecule has 16 heavy (non-hydrogen) atoms. The summed E-state index contributed by atoms with van der Waals surface area (Å²) in [6.45, 7) is 1.01. The molecular weight excluding hydrogens is 223 g/mol. The molecule has 92 valence electrons. The number of carbonyl (C=O) groups excluding carboxylic acids is 1. The van der Waals surface area contributed by atoms with Gasteiger partial charge in [-0.1, -0.05) is 6.08 Å². The number of hydrogen-bond donors (Lipinski definition) is 1. The van der Waals surface area contributed by atoms with E-state index in [2.05, 4.69) is 10.1 Å². The average molecular weight is 237 g/mol. The van der Waals surface area contributed by atoms with Gasteiger partial charge in [0.15, 0.2) is 0 Å². The zero-order valence-electron chi connectivity index (χ0n) is 9.15. The Bertz CT molecular complexity index is 306. The number of rotatable bonds is 4. The van der Waals surface area contributed by atoms with Gasteiger partial charge < -0.3 is 4.74 Å². The van der Waals surface area contributed by atoms with Crippen molar-refractivity contribution in [3.05, 3.63) is 11.6 Å². The lowest BCUT2D eigenvalue weighted by Gasteiger charge is -2.13. The summed E-state index contributed by atoms with van der Waals surface area (Å²) in [4.78, 5) is 11.2. The lowest BCUT2D eigenvalue weighted by Crippen LogP contribution is -2.40. The van der Waals surface area contributed by atoms with Crippen LogP contribution in [0.4, 0.5) is 13.2 Å². The van der Waals surface area contributed by atoms with E-state index in [0.717, 1.165) is 13.0 Å². The van der Waals surface area contributed by atoms with Crippen molar-refractivity contribution in [2.75, 3.05) is 13.7 Å². The Hall–Kier alpha value is -1.04. The van der Waals surface area contributed by atoms with Crippen molar-refractivity contribution in [2.24, 2.45) is 0 Å². The number of allylic oxidation sites excluding steroid dienone is 1. The van der Waals surface area contributed by atoms with E-state index in [1.165, 1.54) is 7.11 Å². The molecule has 0 radical (unpaired) electrons. The zero-order chi connectivity index (χ0) is 12.4. The van der Waals surface area contributed by atoms with Gasteiger partial charge in [-0.3, -0.25) is 10.1 Å². The Kier molecular flexibility index (Phi) is 3.62. The normalized spacial score (nSPS) is 19.4. The van der Waals surface area contributed by atoms with Crippen LogP contribution in [0.25, 0.3) is 0 Å². The van der Waals surface area contributed by atoms with E-state index in [1.807, 2.05) is 0 Å². The smallest absolute Gasteiger partial charge is 0.412 e. The van der Waals surface area contributed by atoms with Crippen LogP contribution in [0.5, 0.6) is 0 Å². The Balaban J connectivity index is 2.45. The van der Waals surface area contributed by atoms with Crippen LogP contribution in [0.2, 0.25) is 0 Å². The molecule has 0 atom stereocenters. The highest BCUT2D eigenvalue weighted by Gasteiger charge is 2.50. The molecule has 1 saturated carbocycles. The van der Waals surface area contributed by atoms with Crippen molar-refractivity contribution < 1.29 is 22.7 Å². The van der Waals surface area contributed by atoms with Crippen LogP contribution in [0.3, 0.4) is 0 Å². The minimum Gasteiger partial charge on any atom is -0.468 e. The second-order valence-electron chi connectivity index (χ2n) is 3.84. The van der Waals surface area contributed by atoms with Crippen molar-refractivity contribution in [1.29, 1.82) is 0 Å². The second kappa shape index (κ2) is 4.45. The highest BCUT2D eigenvalue weighted by Crippen LogP contribution is 2.36. The molecule has 0 heterocycles. The molecule has 1 aliphatic rings. The van der Waals surface area contributed by atoms with Gasteiger partial charge in [-0.15, -0.1) is 0 Å². The first kappa shape index (κ1) is 13.0. The van der Waals surface area contributed by atoms with E-state index in [4.69, 9.17) is 0 Å². The molecule has 0 amide bonds. The third kappa shape index (κ3) is 2.98. The van der Waals surface area contributed by atoms with Gasteiger partial charge in [0.25, 0.3) is 0 Å². The van der Waals surface area contributed by atoms with Crippen LogP contribution >= 0.6 is 0 Å². The lowest BCUT2D eigenvalue weighted by molar-refractivity contribution is -0.144. The number of nitrogens with one attached hydrogen (secondary N) is 1. The lowest BCUT2D eigenvalue weighted by atomic mass is 10.2. The molecule has 0 aromatic heterocycles. The molecule has 6 heteroatoms. The maximum Gasteiger partial charge on any atom is 0.412 e. The topological polar surface area (TPSA) is 38.3 Å². The van der Waals surface area contributed by atoms with Crippen molar-refractivity contribution in [3.63, 3.8) is 0 Å². The first-order valence-corrected chi connectivity index (χ1v) is 4.89. The molecule has 1 fully saturated rings. The summed E-state index contributed by atoms with van der Waals surface area (Å²) in [6.07, 6.45) is -2.05. The SMILES string of the molecule is COC(=O)C1(NCC=C(C)C(F)(F)F)CC1. The summed E-state index contributed by atoms with van der Waals surface area (Å²) >= 11 is 0. The van der Waals surface area contributed by atoms with Gasteiger partial charge >= 0.3 is 12.1 Å². The van der Waals surface area contributed by atoms with Gasteiger partial charge in [0.1, 0.15) is 5.54 Å². The molecule has 1 rings (SSSR count). The standard InChI is InChI=1S/C10H14F3NO2/c1-7(10(11,12)13)3-6-14-9(4-5-9)8(15)16-2/h3,14H,4-6H2,1-2H3. The fraction of sp³-hybridized carbons (Fsp3) is 0.700. The third-order valence-corrected chi connectivity index (χ3v) is 2.62. The maximum atomic E-state index is 12.1. The molecule has 1 N–H and O–H groups in total. The molecular formula is C10H14F3NO2. The van der Waals surface area contributed by atoms with E-state index < -0.39 is 23.3 Å². The number of methoxy groups -OCH3 is 1. The molecule has 0 unspecified atom stereocenters. The summed E-state index contributed by atoms with van der Waals surface area (Å²) in [6, 6.07) is 0. The minimum absolute atomic E-state index is 0.0143. The van der Waals surface area contributed by atoms with Crippen LogP contribution in [0.15, 0.2) is 11.6 Å². The number of esters is 1. The number of hydrogen-bond acceptors (Lipinski definition) is 3. The number of alkyl halides is 3. The second-order valence-corrected chi connectivity index (χ2v) is 3.84. The van der Waals surface area contributed by atoms with Gasteiger partial charge in [0.05, 0.1) is 7.11 Å². The maximum absolute atomic E-state index is 12.1. The van der Waals surface area contributed by atoms with E-state index >= 15 is 0 Å². The van der Waals surface area contributed by atoms with E-state index in [1.54, 1.807) is 0 Å². The van der Waals surface area contributed by atoms with Gasteiger partial charge in [0.2, 0.25) is 0 Å². The van der Waals surface area contributed by atoms with Gasteiger partial charge in [0, 0.05) is 12.1 Å². The molecule has 0 aliphatic heterocycles. The van der Waals surface area contributed by atoms with Gasteiger partial charge in [-0.25, -0.2) is 0 Å². The molecule has 1 aliphatic carbocycles. The Morgan fingerprint density at radius 2 is 2.06 bits per heavy atom. The van der Waals surface area contributed by atoms with Crippen molar-refractivity contribution in [3.8, 4) is 0 Å². The van der Waals surface area contributed by atoms with Crippen LogP contribution in [-0.2, 0) is 9.53 Å². The first-order valence-electron chi connectivity index (χ1n) is 4.89. The first-order chi connectivity index (χ1) is 7.32. The highest BCUT2D eigenvalue weighted by atomic mass is 19.4. The van der Waals surface area contributed by atoms with Crippen LogP contribution < -0.4 is 5.32 Å². The van der Waals surface area contributed by atoms with Crippen molar-refractivity contribution >= 4 is 5.97 Å². The number of ether oxygens (including phenoxy) is 1. The Morgan fingerprint density at radius 1 is 1.50 bits per heavy atom. The van der Waals surface area contributed by atoms with Crippen molar-refractivity contribution in [1.82, 2.24) is 5.32 Å². The zero-order valence-corrected chi connectivity index (χ0v) is 9.15.